The van der Waals surface area contributed by atoms with Crippen LogP contribution >= 0.6 is 0 Å². The Hall–Kier alpha value is -2.88. The molecule has 0 aromatic heterocycles. The van der Waals surface area contributed by atoms with Gasteiger partial charge in [-0.2, -0.15) is 0 Å². The quantitative estimate of drug-likeness (QED) is 0.0225. The van der Waals surface area contributed by atoms with Gasteiger partial charge in [0.1, 0.15) is 0 Å². The number of unbranched alkanes of at least 4 members (excludes halogenated alkanes) is 8. The molecule has 0 aliphatic carbocycles. The van der Waals surface area contributed by atoms with Gasteiger partial charge in [0.2, 0.25) is 0 Å². The predicted octanol–water partition coefficient (Wildman–Crippen LogP) is 7.96. The summed E-state index contributed by atoms with van der Waals surface area (Å²) in [6, 6.07) is 0. The second-order valence-corrected chi connectivity index (χ2v) is 17.0. The van der Waals surface area contributed by atoms with Gasteiger partial charge >= 0.3 is 30.4 Å². The highest BCUT2D eigenvalue weighted by Crippen LogP contribution is 2.40. The van der Waals surface area contributed by atoms with Crippen molar-refractivity contribution in [1.82, 2.24) is 0 Å². The van der Waals surface area contributed by atoms with E-state index < -0.39 is 30.4 Å². The van der Waals surface area contributed by atoms with Gasteiger partial charge in [0.05, 0.1) is 92.5 Å². The van der Waals surface area contributed by atoms with Gasteiger partial charge in [-0.15, -0.1) is 0 Å². The maximum Gasteiger partial charge on any atom is 0.412 e. The van der Waals surface area contributed by atoms with Crippen LogP contribution in [0.3, 0.4) is 0 Å². The van der Waals surface area contributed by atoms with Crippen molar-refractivity contribution in [3.63, 3.8) is 0 Å². The van der Waals surface area contributed by atoms with E-state index in [9.17, 15) is 19.2 Å². The number of esters is 3. The second kappa shape index (κ2) is 25.3. The molecule has 6 aliphatic rings. The molecule has 6 saturated heterocycles. The minimum absolute atomic E-state index is 0.0403. The van der Waals surface area contributed by atoms with Gasteiger partial charge in [0.15, 0.2) is 0 Å². The number of carboxylic acid groups (broad SMARTS) is 1. The maximum atomic E-state index is 12.6. The summed E-state index contributed by atoms with van der Waals surface area (Å²) >= 11 is 0. The van der Waals surface area contributed by atoms with Gasteiger partial charge in [-0.1, -0.05) is 84.1 Å². The number of carbonyl (C=O) groups excluding carboxylic acids is 3. The van der Waals surface area contributed by atoms with Crippen molar-refractivity contribution in [3.8, 4) is 0 Å². The van der Waals surface area contributed by atoms with Crippen LogP contribution in [0.25, 0.3) is 0 Å². The van der Waals surface area contributed by atoms with Gasteiger partial charge in [0, 0.05) is 25.7 Å². The number of carbonyl (C=O) groups is 4. The zero-order valence-electron chi connectivity index (χ0n) is 36.4. The Kier molecular flexibility index (Phi) is 20.3. The van der Waals surface area contributed by atoms with Crippen LogP contribution in [0.15, 0.2) is 24.3 Å². The van der Waals surface area contributed by atoms with Crippen molar-refractivity contribution < 1.29 is 66.9 Å². The summed E-state index contributed by atoms with van der Waals surface area (Å²) in [5, 5.41) is 8.50. The fourth-order valence-corrected chi connectivity index (χ4v) is 7.74. The van der Waals surface area contributed by atoms with Crippen LogP contribution in [0.2, 0.25) is 0 Å². The number of epoxide rings is 6. The molecule has 0 amide bonds. The standard InChI is InChI=1S/C28H40O12.C18H32O2/c1-4-13-16(32-13)7-19-22(35-19)10-25(29)38-28(39-26(30)11-23-20(36-23)8-17-14(5-2)33-17)40-27(31)12-24-21(37-24)9-18-15(6-3)34-18;1-2-3-4-5-6-7-8-9-10-11-12-13-14-15-16-17-18(19)20/h13-24,28H,4-12H2,1-3H3;6-7,9-10H,2-5,8,11-17H2,1H3,(H,19,20). The van der Waals surface area contributed by atoms with Crippen molar-refractivity contribution in [1.29, 1.82) is 0 Å². The molecule has 0 spiro atoms. The van der Waals surface area contributed by atoms with Crippen LogP contribution in [0.1, 0.15) is 163 Å². The lowest BCUT2D eigenvalue weighted by molar-refractivity contribution is -0.258. The Morgan fingerprint density at radius 2 is 0.817 bits per heavy atom. The summed E-state index contributed by atoms with van der Waals surface area (Å²) in [5.41, 5.74) is 0. The first-order valence-corrected chi connectivity index (χ1v) is 23.1. The van der Waals surface area contributed by atoms with E-state index in [0.717, 1.165) is 64.2 Å². The molecule has 12 unspecified atom stereocenters. The summed E-state index contributed by atoms with van der Waals surface area (Å²) in [6.07, 6.45) is 27.4. The molecule has 6 heterocycles. The normalized spacial score (nSPS) is 32.1. The van der Waals surface area contributed by atoms with Crippen LogP contribution < -0.4 is 0 Å². The Balaban J connectivity index is 0.000000291. The second-order valence-electron chi connectivity index (χ2n) is 17.0. The van der Waals surface area contributed by atoms with Gasteiger partial charge < -0.3 is 47.7 Å². The third-order valence-electron chi connectivity index (χ3n) is 11.9. The van der Waals surface area contributed by atoms with Crippen LogP contribution in [-0.4, -0.2) is 109 Å². The monoisotopic (exact) mass is 848 g/mol. The van der Waals surface area contributed by atoms with Gasteiger partial charge in [0.25, 0.3) is 0 Å². The molecule has 0 radical (unpaired) electrons. The smallest absolute Gasteiger partial charge is 0.412 e. The average molecular weight is 849 g/mol. The topological polar surface area (TPSA) is 191 Å². The zero-order valence-corrected chi connectivity index (χ0v) is 36.4. The molecular formula is C46H72O14. The van der Waals surface area contributed by atoms with Gasteiger partial charge in [-0.05, 0) is 57.8 Å². The van der Waals surface area contributed by atoms with Crippen LogP contribution in [-0.2, 0) is 61.8 Å². The Bertz CT molecular complexity index is 1280. The van der Waals surface area contributed by atoms with Crippen molar-refractivity contribution in [2.75, 3.05) is 0 Å². The molecule has 6 fully saturated rings. The van der Waals surface area contributed by atoms with E-state index in [2.05, 4.69) is 52.0 Å². The Morgan fingerprint density at radius 1 is 0.467 bits per heavy atom. The average Bonchev–Trinajstić information content (AvgIpc) is 3.98. The van der Waals surface area contributed by atoms with E-state index in [0.29, 0.717) is 6.42 Å². The molecule has 14 heteroatoms. The van der Waals surface area contributed by atoms with Crippen molar-refractivity contribution in [3.05, 3.63) is 24.3 Å². The molecule has 0 aromatic carbocycles. The predicted molar refractivity (Wildman–Crippen MR) is 220 cm³/mol. The zero-order chi connectivity index (χ0) is 42.9. The van der Waals surface area contributed by atoms with Crippen LogP contribution in [0.5, 0.6) is 0 Å². The minimum Gasteiger partial charge on any atom is -0.481 e. The molecule has 6 aliphatic heterocycles. The molecular weight excluding hydrogens is 776 g/mol. The van der Waals surface area contributed by atoms with E-state index >= 15 is 0 Å². The highest BCUT2D eigenvalue weighted by atomic mass is 16.9. The molecule has 0 bridgehead atoms. The number of hydrogen-bond acceptors (Lipinski definition) is 13. The number of hydrogen-bond donors (Lipinski definition) is 1. The Morgan fingerprint density at radius 3 is 1.18 bits per heavy atom. The van der Waals surface area contributed by atoms with Gasteiger partial charge in [-0.25, -0.2) is 0 Å². The fraction of sp³-hybridized carbons (Fsp3) is 0.826. The largest absolute Gasteiger partial charge is 0.481 e. The molecule has 340 valence electrons. The van der Waals surface area contributed by atoms with Crippen LogP contribution in [0.4, 0.5) is 0 Å². The Labute approximate surface area is 356 Å². The summed E-state index contributed by atoms with van der Waals surface area (Å²) < 4.78 is 49.1. The summed E-state index contributed by atoms with van der Waals surface area (Å²) in [5.74, 6) is -2.72. The summed E-state index contributed by atoms with van der Waals surface area (Å²) in [7, 11) is 0. The summed E-state index contributed by atoms with van der Waals surface area (Å²) in [6.45, 7) is 6.63. The van der Waals surface area contributed by atoms with Crippen molar-refractivity contribution in [2.24, 2.45) is 0 Å². The third-order valence-corrected chi connectivity index (χ3v) is 11.9. The van der Waals surface area contributed by atoms with Crippen molar-refractivity contribution in [2.45, 2.75) is 242 Å². The van der Waals surface area contributed by atoms with Crippen molar-refractivity contribution >= 4 is 23.9 Å². The molecule has 6 rings (SSSR count). The number of allylic oxidation sites excluding steroid dienone is 4. The first-order valence-electron chi connectivity index (χ1n) is 23.1. The van der Waals surface area contributed by atoms with E-state index in [4.69, 9.17) is 47.7 Å². The molecule has 0 aromatic rings. The maximum absolute atomic E-state index is 12.6. The van der Waals surface area contributed by atoms with E-state index in [1.807, 2.05) is 0 Å². The highest BCUT2D eigenvalue weighted by molar-refractivity contribution is 5.74. The third kappa shape index (κ3) is 19.0. The first-order chi connectivity index (χ1) is 29.1. The summed E-state index contributed by atoms with van der Waals surface area (Å²) in [4.78, 5) is 48.1. The van der Waals surface area contributed by atoms with Crippen LogP contribution in [0, 0.1) is 0 Å². The SMILES string of the molecule is CCC1OC1CC1OC1CC(=O)OC(OC(=O)CC1OC1CC1OC1CC)OC(=O)CC1OC1CC1OC1CC.CCCCCC=CCC=CCCCCCCCC(=O)O. The van der Waals surface area contributed by atoms with E-state index in [1.54, 1.807) is 0 Å². The lowest BCUT2D eigenvalue weighted by Crippen LogP contribution is -2.31. The number of aliphatic carboxylic acids is 1. The van der Waals surface area contributed by atoms with Gasteiger partial charge in [-0.3, -0.25) is 19.2 Å². The molecule has 0 saturated carbocycles. The molecule has 12 atom stereocenters. The van der Waals surface area contributed by atoms with E-state index in [-0.39, 0.29) is 92.5 Å². The highest BCUT2D eigenvalue weighted by Gasteiger charge is 2.51. The number of ether oxygens (including phenoxy) is 9. The lowest BCUT2D eigenvalue weighted by Gasteiger charge is -2.17. The molecule has 14 nitrogen and oxygen atoms in total. The minimum atomic E-state index is -1.79. The lowest BCUT2D eigenvalue weighted by atomic mass is 10.1. The fourth-order valence-electron chi connectivity index (χ4n) is 7.74. The number of rotatable bonds is 32. The first kappa shape index (κ1) is 48.2. The van der Waals surface area contributed by atoms with E-state index in [1.165, 1.54) is 44.9 Å². The number of carboxylic acids is 1. The molecule has 1 N–H and O–H groups in total. The molecule has 60 heavy (non-hydrogen) atoms.